The highest BCUT2D eigenvalue weighted by Gasteiger charge is 2.30. The van der Waals surface area contributed by atoms with Crippen LogP contribution in [-0.2, 0) is 4.79 Å². The molecule has 0 radical (unpaired) electrons. The van der Waals surface area contributed by atoms with Crippen molar-refractivity contribution in [3.8, 4) is 10.7 Å². The summed E-state index contributed by atoms with van der Waals surface area (Å²) >= 11 is 3.01. The summed E-state index contributed by atoms with van der Waals surface area (Å²) in [5, 5.41) is 16.9. The maximum absolute atomic E-state index is 12.4. The molecule has 144 valence electrons. The lowest BCUT2D eigenvalue weighted by Gasteiger charge is -2.09. The van der Waals surface area contributed by atoms with Crippen molar-refractivity contribution in [3.63, 3.8) is 0 Å². The largest absolute Gasteiger partial charge is 0.355 e. The molecule has 1 fully saturated rings. The lowest BCUT2D eigenvalue weighted by Crippen LogP contribution is -2.19. The molecule has 0 saturated heterocycles. The van der Waals surface area contributed by atoms with Crippen molar-refractivity contribution < 1.29 is 9.59 Å². The zero-order valence-corrected chi connectivity index (χ0v) is 16.8. The summed E-state index contributed by atoms with van der Waals surface area (Å²) in [6.07, 6.45) is 2.23. The van der Waals surface area contributed by atoms with Crippen molar-refractivity contribution in [1.29, 1.82) is 0 Å². The SMILES string of the molecule is CNC(=O)c1cccc(NC(=O)CSc2nnc(-c3cccs3)n2C2CC2)c1. The monoisotopic (exact) mass is 413 g/mol. The zero-order chi connectivity index (χ0) is 19.5. The van der Waals surface area contributed by atoms with E-state index in [4.69, 9.17) is 0 Å². The third kappa shape index (κ3) is 4.10. The number of carbonyl (C=O) groups excluding carboxylic acids is 2. The van der Waals surface area contributed by atoms with Gasteiger partial charge in [0.1, 0.15) is 0 Å². The second kappa shape index (κ2) is 8.15. The van der Waals surface area contributed by atoms with Crippen LogP contribution in [0.5, 0.6) is 0 Å². The summed E-state index contributed by atoms with van der Waals surface area (Å²) in [5.74, 6) is 0.754. The standard InChI is InChI=1S/C19H19N5O2S2/c1-20-18(26)12-4-2-5-13(10-12)21-16(25)11-28-19-23-22-17(15-6-3-9-27-15)24(19)14-7-8-14/h2-6,9-10,14H,7-8,11H2,1H3,(H,20,26)(H,21,25). The number of thioether (sulfide) groups is 1. The van der Waals surface area contributed by atoms with Gasteiger partial charge in [0.25, 0.3) is 5.91 Å². The molecule has 0 spiro atoms. The molecule has 0 aliphatic heterocycles. The molecule has 2 N–H and O–H groups in total. The van der Waals surface area contributed by atoms with E-state index in [-0.39, 0.29) is 17.6 Å². The molecule has 1 aliphatic carbocycles. The molecular formula is C19H19N5O2S2. The Morgan fingerprint density at radius 3 is 2.82 bits per heavy atom. The highest BCUT2D eigenvalue weighted by Crippen LogP contribution is 2.41. The van der Waals surface area contributed by atoms with Crippen LogP contribution in [0.1, 0.15) is 29.2 Å². The average molecular weight is 414 g/mol. The van der Waals surface area contributed by atoms with Crippen LogP contribution in [0, 0.1) is 0 Å². The van der Waals surface area contributed by atoms with Crippen molar-refractivity contribution in [3.05, 3.63) is 47.3 Å². The molecule has 0 unspecified atom stereocenters. The Labute approximate surface area is 170 Å². The molecule has 2 aromatic heterocycles. The third-order valence-electron chi connectivity index (χ3n) is 4.29. The van der Waals surface area contributed by atoms with E-state index < -0.39 is 0 Å². The lowest BCUT2D eigenvalue weighted by molar-refractivity contribution is -0.113. The van der Waals surface area contributed by atoms with Gasteiger partial charge in [-0.2, -0.15) is 0 Å². The molecule has 2 amide bonds. The van der Waals surface area contributed by atoms with Crippen molar-refractivity contribution in [2.24, 2.45) is 0 Å². The Bertz CT molecular complexity index is 996. The fraction of sp³-hybridized carbons (Fsp3) is 0.263. The van der Waals surface area contributed by atoms with E-state index in [1.165, 1.54) is 11.8 Å². The number of benzene rings is 1. The second-order valence-corrected chi connectivity index (χ2v) is 8.27. The van der Waals surface area contributed by atoms with Crippen molar-refractivity contribution in [1.82, 2.24) is 20.1 Å². The van der Waals surface area contributed by atoms with Crippen LogP contribution in [0.2, 0.25) is 0 Å². The number of aromatic nitrogens is 3. The van der Waals surface area contributed by atoms with Gasteiger partial charge in [-0.05, 0) is 42.5 Å². The molecule has 3 aromatic rings. The number of hydrogen-bond donors (Lipinski definition) is 2. The minimum Gasteiger partial charge on any atom is -0.355 e. The first-order valence-electron chi connectivity index (χ1n) is 8.89. The number of hydrogen-bond acceptors (Lipinski definition) is 6. The van der Waals surface area contributed by atoms with Crippen LogP contribution in [0.25, 0.3) is 10.7 Å². The predicted octanol–water partition coefficient (Wildman–Crippen LogP) is 3.43. The normalized spacial score (nSPS) is 13.3. The Hall–Kier alpha value is -2.65. The van der Waals surface area contributed by atoms with Crippen molar-refractivity contribution in [2.45, 2.75) is 24.0 Å². The molecule has 0 atom stereocenters. The maximum atomic E-state index is 12.4. The first-order valence-corrected chi connectivity index (χ1v) is 10.8. The highest BCUT2D eigenvalue weighted by molar-refractivity contribution is 7.99. The molecule has 9 heteroatoms. The summed E-state index contributed by atoms with van der Waals surface area (Å²) < 4.78 is 2.15. The van der Waals surface area contributed by atoms with Crippen LogP contribution >= 0.6 is 23.1 Å². The van der Waals surface area contributed by atoms with Gasteiger partial charge >= 0.3 is 0 Å². The fourth-order valence-electron chi connectivity index (χ4n) is 2.82. The number of carbonyl (C=O) groups is 2. The van der Waals surface area contributed by atoms with Gasteiger partial charge in [-0.3, -0.25) is 14.2 Å². The molecule has 2 heterocycles. The fourth-order valence-corrected chi connectivity index (χ4v) is 4.33. The van der Waals surface area contributed by atoms with E-state index >= 15 is 0 Å². The van der Waals surface area contributed by atoms with E-state index in [9.17, 15) is 9.59 Å². The molecular weight excluding hydrogens is 394 g/mol. The van der Waals surface area contributed by atoms with Gasteiger partial charge in [-0.1, -0.05) is 23.9 Å². The highest BCUT2D eigenvalue weighted by atomic mass is 32.2. The number of nitrogens with zero attached hydrogens (tertiary/aromatic N) is 3. The van der Waals surface area contributed by atoms with E-state index in [1.54, 1.807) is 42.6 Å². The minimum absolute atomic E-state index is 0.151. The number of thiophene rings is 1. The first-order chi connectivity index (χ1) is 13.7. The Morgan fingerprint density at radius 1 is 1.25 bits per heavy atom. The van der Waals surface area contributed by atoms with E-state index in [1.807, 2.05) is 17.5 Å². The second-order valence-electron chi connectivity index (χ2n) is 6.38. The van der Waals surface area contributed by atoms with Gasteiger partial charge in [0.15, 0.2) is 11.0 Å². The zero-order valence-electron chi connectivity index (χ0n) is 15.2. The Balaban J connectivity index is 1.42. The van der Waals surface area contributed by atoms with Crippen LogP contribution < -0.4 is 10.6 Å². The quantitative estimate of drug-likeness (QED) is 0.579. The number of amides is 2. The van der Waals surface area contributed by atoms with Crippen LogP contribution in [0.15, 0.2) is 46.9 Å². The van der Waals surface area contributed by atoms with Gasteiger partial charge in [0, 0.05) is 24.3 Å². The van der Waals surface area contributed by atoms with Gasteiger partial charge in [-0.25, -0.2) is 0 Å². The topological polar surface area (TPSA) is 88.9 Å². The Morgan fingerprint density at radius 2 is 2.11 bits per heavy atom. The first kappa shape index (κ1) is 18.7. The summed E-state index contributed by atoms with van der Waals surface area (Å²) in [4.78, 5) is 25.2. The van der Waals surface area contributed by atoms with Crippen LogP contribution in [-0.4, -0.2) is 39.4 Å². The van der Waals surface area contributed by atoms with Gasteiger partial charge in [-0.15, -0.1) is 21.5 Å². The number of nitrogens with one attached hydrogen (secondary N) is 2. The molecule has 1 aliphatic rings. The third-order valence-corrected chi connectivity index (χ3v) is 6.09. The van der Waals surface area contributed by atoms with E-state index in [0.717, 1.165) is 28.7 Å². The summed E-state index contributed by atoms with van der Waals surface area (Å²) in [6, 6.07) is 11.3. The van der Waals surface area contributed by atoms with Gasteiger partial charge < -0.3 is 10.6 Å². The smallest absolute Gasteiger partial charge is 0.251 e. The summed E-state index contributed by atoms with van der Waals surface area (Å²) in [7, 11) is 1.57. The minimum atomic E-state index is -0.191. The lowest BCUT2D eigenvalue weighted by atomic mass is 10.2. The summed E-state index contributed by atoms with van der Waals surface area (Å²) in [6.45, 7) is 0. The molecule has 1 aromatic carbocycles. The molecule has 4 rings (SSSR count). The van der Waals surface area contributed by atoms with Crippen molar-refractivity contribution in [2.75, 3.05) is 18.1 Å². The molecule has 1 saturated carbocycles. The van der Waals surface area contributed by atoms with Crippen molar-refractivity contribution >= 4 is 40.6 Å². The maximum Gasteiger partial charge on any atom is 0.251 e. The molecule has 7 nitrogen and oxygen atoms in total. The van der Waals surface area contributed by atoms with Crippen LogP contribution in [0.3, 0.4) is 0 Å². The van der Waals surface area contributed by atoms with E-state index in [0.29, 0.717) is 17.3 Å². The van der Waals surface area contributed by atoms with Gasteiger partial charge in [0.05, 0.1) is 10.6 Å². The summed E-state index contributed by atoms with van der Waals surface area (Å²) in [5.41, 5.74) is 1.09. The number of anilines is 1. The van der Waals surface area contributed by atoms with E-state index in [2.05, 4.69) is 25.4 Å². The predicted molar refractivity (Wildman–Crippen MR) is 111 cm³/mol. The van der Waals surface area contributed by atoms with Gasteiger partial charge in [0.2, 0.25) is 5.91 Å². The molecule has 28 heavy (non-hydrogen) atoms. The molecule has 0 bridgehead atoms. The Kier molecular flexibility index (Phi) is 5.45. The van der Waals surface area contributed by atoms with Crippen LogP contribution in [0.4, 0.5) is 5.69 Å². The average Bonchev–Trinajstić information content (AvgIpc) is 3.23. The number of rotatable bonds is 7.